The highest BCUT2D eigenvalue weighted by Gasteiger charge is 2.25. The number of rotatable bonds is 20. The van der Waals surface area contributed by atoms with Gasteiger partial charge in [0.1, 0.15) is 19.8 Å². The number of ether oxygens (including phenoxy) is 5. The second-order valence-corrected chi connectivity index (χ2v) is 7.55. The molecule has 2 atom stereocenters. The standard InChI is InChI=1S/C17H30NO14P.3CH4/c1-13(19)29-9-15(32-14(2)20)10-31-33(24,25)30-4-3-18-16(21)11-27-7-5-26-6-8-28-12-17(22)23;;;/h15H,3-12H2,1-2H3,(H,18,21)(H,22,23)(H,24,25);3*1H4. The molecule has 0 fully saturated rings. The van der Waals surface area contributed by atoms with Gasteiger partial charge in [-0.3, -0.25) is 23.4 Å². The first kappa shape index (κ1) is 41.0. The molecule has 2 unspecified atom stereocenters. The highest BCUT2D eigenvalue weighted by atomic mass is 31.2. The number of carbonyl (C=O) groups is 4. The van der Waals surface area contributed by atoms with Gasteiger partial charge in [-0.05, 0) is 0 Å². The first-order chi connectivity index (χ1) is 15.5. The van der Waals surface area contributed by atoms with Gasteiger partial charge in [-0.25, -0.2) is 9.36 Å². The Kier molecular flexibility index (Phi) is 28.0. The maximum atomic E-state index is 11.8. The summed E-state index contributed by atoms with van der Waals surface area (Å²) < 4.78 is 45.6. The molecular formula is C20H42NO14P. The quantitative estimate of drug-likeness (QED) is 0.109. The normalized spacial score (nSPS) is 12.4. The summed E-state index contributed by atoms with van der Waals surface area (Å²) in [5.74, 6) is -2.92. The van der Waals surface area contributed by atoms with Crippen molar-refractivity contribution in [1.29, 1.82) is 0 Å². The van der Waals surface area contributed by atoms with Gasteiger partial charge in [-0.2, -0.15) is 0 Å². The first-order valence-corrected chi connectivity index (χ1v) is 11.2. The molecule has 0 aliphatic carbocycles. The van der Waals surface area contributed by atoms with Gasteiger partial charge in [0.25, 0.3) is 0 Å². The van der Waals surface area contributed by atoms with Crippen LogP contribution in [0.2, 0.25) is 0 Å². The summed E-state index contributed by atoms with van der Waals surface area (Å²) in [5.41, 5.74) is 0. The van der Waals surface area contributed by atoms with Crippen LogP contribution in [0.15, 0.2) is 0 Å². The van der Waals surface area contributed by atoms with Gasteiger partial charge >= 0.3 is 25.7 Å². The van der Waals surface area contributed by atoms with Crippen LogP contribution in [0.4, 0.5) is 0 Å². The Morgan fingerprint density at radius 2 is 1.36 bits per heavy atom. The summed E-state index contributed by atoms with van der Waals surface area (Å²) in [6.45, 7) is 0.717. The largest absolute Gasteiger partial charge is 0.480 e. The van der Waals surface area contributed by atoms with Crippen molar-refractivity contribution >= 4 is 31.6 Å². The lowest BCUT2D eigenvalue weighted by atomic mass is 10.4. The molecule has 3 N–H and O–H groups in total. The van der Waals surface area contributed by atoms with Crippen molar-refractivity contribution in [1.82, 2.24) is 5.32 Å². The SMILES string of the molecule is C.C.C.CC(=O)OCC(COP(=O)(O)OCCNC(=O)COCCOCCOCC(=O)O)OC(C)=O. The first-order valence-electron chi connectivity index (χ1n) is 9.66. The summed E-state index contributed by atoms with van der Waals surface area (Å²) in [6, 6.07) is 0. The van der Waals surface area contributed by atoms with Gasteiger partial charge in [0.2, 0.25) is 5.91 Å². The van der Waals surface area contributed by atoms with E-state index in [1.807, 2.05) is 0 Å². The van der Waals surface area contributed by atoms with Crippen LogP contribution < -0.4 is 5.32 Å². The van der Waals surface area contributed by atoms with Crippen molar-refractivity contribution in [2.75, 3.05) is 66.0 Å². The monoisotopic (exact) mass is 551 g/mol. The Morgan fingerprint density at radius 3 is 1.89 bits per heavy atom. The Labute approximate surface area is 212 Å². The van der Waals surface area contributed by atoms with Gasteiger partial charge in [-0.15, -0.1) is 0 Å². The molecule has 0 aromatic heterocycles. The van der Waals surface area contributed by atoms with Crippen molar-refractivity contribution in [3.63, 3.8) is 0 Å². The van der Waals surface area contributed by atoms with Crippen LogP contribution in [-0.4, -0.2) is 106 Å². The summed E-state index contributed by atoms with van der Waals surface area (Å²) >= 11 is 0. The van der Waals surface area contributed by atoms with E-state index in [0.717, 1.165) is 13.8 Å². The summed E-state index contributed by atoms with van der Waals surface area (Å²) in [4.78, 5) is 53.3. The minimum absolute atomic E-state index is 0. The predicted octanol–water partition coefficient (Wildman–Crippen LogP) is 0.774. The van der Waals surface area contributed by atoms with Crippen molar-refractivity contribution < 1.29 is 66.5 Å². The molecule has 0 aliphatic rings. The zero-order chi connectivity index (χ0) is 25.1. The second kappa shape index (κ2) is 24.6. The fourth-order valence-corrected chi connectivity index (χ4v) is 2.59. The van der Waals surface area contributed by atoms with Crippen LogP contribution in [0.25, 0.3) is 0 Å². The molecule has 16 heteroatoms. The third-order valence-electron chi connectivity index (χ3n) is 3.11. The van der Waals surface area contributed by atoms with Crippen LogP contribution in [-0.2, 0) is 56.5 Å². The Bertz CT molecular complexity index is 660. The van der Waals surface area contributed by atoms with Gasteiger partial charge in [0, 0.05) is 20.4 Å². The molecule has 1 amide bonds. The fourth-order valence-electron chi connectivity index (χ4n) is 1.84. The van der Waals surface area contributed by atoms with Gasteiger partial charge in [-0.1, -0.05) is 22.3 Å². The minimum atomic E-state index is -4.52. The van der Waals surface area contributed by atoms with Gasteiger partial charge in [0.15, 0.2) is 6.10 Å². The summed E-state index contributed by atoms with van der Waals surface area (Å²) in [6.07, 6.45) is -1.10. The van der Waals surface area contributed by atoms with E-state index in [-0.39, 0.29) is 75.1 Å². The van der Waals surface area contributed by atoms with Gasteiger partial charge < -0.3 is 39.0 Å². The third kappa shape index (κ3) is 28.1. The molecule has 216 valence electrons. The molecule has 36 heavy (non-hydrogen) atoms. The molecule has 15 nitrogen and oxygen atoms in total. The van der Waals surface area contributed by atoms with E-state index in [0.29, 0.717) is 0 Å². The van der Waals surface area contributed by atoms with E-state index in [1.54, 1.807) is 0 Å². The van der Waals surface area contributed by atoms with Crippen molar-refractivity contribution in [3.05, 3.63) is 0 Å². The van der Waals surface area contributed by atoms with Crippen LogP contribution in [0.5, 0.6) is 0 Å². The number of nitrogens with one attached hydrogen (secondary N) is 1. The molecule has 0 spiro atoms. The average molecular weight is 552 g/mol. The second-order valence-electron chi connectivity index (χ2n) is 6.09. The van der Waals surface area contributed by atoms with E-state index in [4.69, 9.17) is 28.6 Å². The molecule has 0 aromatic rings. The topological polar surface area (TPSA) is 202 Å². The van der Waals surface area contributed by atoms with Crippen LogP contribution in [0.3, 0.4) is 0 Å². The molecule has 0 aliphatic heterocycles. The predicted molar refractivity (Wildman–Crippen MR) is 127 cm³/mol. The number of hydrogen-bond acceptors (Lipinski definition) is 12. The molecule has 0 radical (unpaired) electrons. The lowest BCUT2D eigenvalue weighted by Crippen LogP contribution is -2.31. The van der Waals surface area contributed by atoms with Crippen molar-refractivity contribution in [2.45, 2.75) is 42.2 Å². The van der Waals surface area contributed by atoms with Crippen LogP contribution >= 0.6 is 7.82 Å². The zero-order valence-electron chi connectivity index (χ0n) is 18.4. The highest BCUT2D eigenvalue weighted by molar-refractivity contribution is 7.47. The summed E-state index contributed by atoms with van der Waals surface area (Å²) in [7, 11) is -4.52. The number of esters is 2. The Balaban J connectivity index is -0.00000171. The molecule has 0 saturated carbocycles. The van der Waals surface area contributed by atoms with E-state index < -0.39 is 51.0 Å². The van der Waals surface area contributed by atoms with Crippen molar-refractivity contribution in [2.24, 2.45) is 0 Å². The van der Waals surface area contributed by atoms with E-state index in [2.05, 4.69) is 14.6 Å². The molecule has 0 bridgehead atoms. The summed E-state index contributed by atoms with van der Waals surface area (Å²) in [5, 5.41) is 10.8. The lowest BCUT2D eigenvalue weighted by molar-refractivity contribution is -0.158. The van der Waals surface area contributed by atoms with Crippen molar-refractivity contribution in [3.8, 4) is 0 Å². The number of amides is 1. The maximum absolute atomic E-state index is 11.8. The average Bonchev–Trinajstić information content (AvgIpc) is 2.71. The lowest BCUT2D eigenvalue weighted by Gasteiger charge is -2.18. The number of carbonyl (C=O) groups excluding carboxylic acids is 3. The molecule has 0 heterocycles. The number of phosphoric ester groups is 1. The molecule has 0 aromatic carbocycles. The van der Waals surface area contributed by atoms with Crippen LogP contribution in [0.1, 0.15) is 36.1 Å². The van der Waals surface area contributed by atoms with Gasteiger partial charge in [0.05, 0.1) is 39.6 Å². The number of carboxylic acid groups (broad SMARTS) is 1. The number of phosphoric acid groups is 1. The Morgan fingerprint density at radius 1 is 0.806 bits per heavy atom. The van der Waals surface area contributed by atoms with E-state index >= 15 is 0 Å². The Hall–Kier alpha value is -2.13. The number of carboxylic acids is 1. The fraction of sp³-hybridized carbons (Fsp3) is 0.800. The molecule has 0 saturated heterocycles. The third-order valence-corrected chi connectivity index (χ3v) is 4.09. The minimum Gasteiger partial charge on any atom is -0.480 e. The van der Waals surface area contributed by atoms with E-state index in [9.17, 15) is 28.6 Å². The van der Waals surface area contributed by atoms with Crippen LogP contribution in [0, 0.1) is 0 Å². The highest BCUT2D eigenvalue weighted by Crippen LogP contribution is 2.43. The molecular weight excluding hydrogens is 509 g/mol. The number of hydrogen-bond donors (Lipinski definition) is 3. The maximum Gasteiger partial charge on any atom is 0.472 e. The zero-order valence-corrected chi connectivity index (χ0v) is 19.3. The van der Waals surface area contributed by atoms with E-state index in [1.165, 1.54) is 0 Å². The molecule has 0 rings (SSSR count). The number of aliphatic carboxylic acids is 1. The smallest absolute Gasteiger partial charge is 0.472 e.